The van der Waals surface area contributed by atoms with Gasteiger partial charge in [-0.05, 0) is 23.3 Å². The molecular formula is C17H24N4O. The highest BCUT2D eigenvalue weighted by Gasteiger charge is 1.99. The van der Waals surface area contributed by atoms with Crippen molar-refractivity contribution in [2.24, 2.45) is 4.99 Å². The van der Waals surface area contributed by atoms with Gasteiger partial charge in [-0.3, -0.25) is 4.99 Å². The maximum atomic E-state index is 5.11. The fourth-order valence-corrected chi connectivity index (χ4v) is 2.15. The Bertz CT molecular complexity index is 561. The Morgan fingerprint density at radius 2 is 1.77 bits per heavy atom. The average molecular weight is 300 g/mol. The Labute approximate surface area is 132 Å². The quantitative estimate of drug-likeness (QED) is 0.607. The second kappa shape index (κ2) is 8.89. The van der Waals surface area contributed by atoms with Crippen molar-refractivity contribution < 1.29 is 4.74 Å². The number of aliphatic imine (C=N–C) groups is 1. The van der Waals surface area contributed by atoms with Crippen LogP contribution in [0.25, 0.3) is 0 Å². The largest absolute Gasteiger partial charge is 0.380 e. The van der Waals surface area contributed by atoms with Crippen molar-refractivity contribution in [2.75, 3.05) is 20.7 Å². The molecule has 2 aromatic rings. The van der Waals surface area contributed by atoms with Crippen molar-refractivity contribution in [3.63, 3.8) is 0 Å². The van der Waals surface area contributed by atoms with Crippen LogP contribution in [0.4, 0.5) is 0 Å². The molecule has 2 N–H and O–H groups in total. The lowest BCUT2D eigenvalue weighted by atomic mass is 10.1. The van der Waals surface area contributed by atoms with E-state index in [1.807, 2.05) is 12.1 Å². The zero-order valence-electron chi connectivity index (χ0n) is 13.2. The van der Waals surface area contributed by atoms with Crippen LogP contribution in [0.15, 0.2) is 53.8 Å². The van der Waals surface area contributed by atoms with E-state index >= 15 is 0 Å². The Kier molecular flexibility index (Phi) is 6.51. The predicted molar refractivity (Wildman–Crippen MR) is 89.8 cm³/mol. The highest BCUT2D eigenvalue weighted by molar-refractivity contribution is 5.79. The van der Waals surface area contributed by atoms with Gasteiger partial charge in [0.15, 0.2) is 5.96 Å². The molecule has 0 unspecified atom stereocenters. The second-order valence-electron chi connectivity index (χ2n) is 5.02. The Balaban J connectivity index is 1.73. The van der Waals surface area contributed by atoms with Gasteiger partial charge in [-0.25, -0.2) is 0 Å². The van der Waals surface area contributed by atoms with Crippen LogP contribution in [-0.4, -0.2) is 31.2 Å². The van der Waals surface area contributed by atoms with Crippen LogP contribution in [0.1, 0.15) is 11.1 Å². The number of guanidine groups is 1. The summed E-state index contributed by atoms with van der Waals surface area (Å²) in [6.45, 7) is 3.15. The first-order valence-electron chi connectivity index (χ1n) is 7.44. The fourth-order valence-electron chi connectivity index (χ4n) is 2.15. The molecule has 2 rings (SSSR count). The summed E-state index contributed by atoms with van der Waals surface area (Å²) in [6, 6.07) is 12.4. The zero-order valence-corrected chi connectivity index (χ0v) is 13.2. The van der Waals surface area contributed by atoms with E-state index in [4.69, 9.17) is 4.74 Å². The van der Waals surface area contributed by atoms with Crippen molar-refractivity contribution in [3.8, 4) is 0 Å². The number of nitrogens with zero attached hydrogens (tertiary/aromatic N) is 2. The van der Waals surface area contributed by atoms with E-state index in [1.54, 1.807) is 14.2 Å². The Morgan fingerprint density at radius 1 is 1.09 bits per heavy atom. The highest BCUT2D eigenvalue weighted by atomic mass is 16.5. The molecule has 5 heteroatoms. The lowest BCUT2D eigenvalue weighted by Crippen LogP contribution is -2.38. The number of hydrogen-bond donors (Lipinski definition) is 2. The summed E-state index contributed by atoms with van der Waals surface area (Å²) in [5.74, 6) is 0.813. The third kappa shape index (κ3) is 5.26. The highest BCUT2D eigenvalue weighted by Crippen LogP contribution is 2.05. The molecule has 5 nitrogen and oxygen atoms in total. The van der Waals surface area contributed by atoms with E-state index in [1.165, 1.54) is 11.1 Å². The summed E-state index contributed by atoms with van der Waals surface area (Å²) < 4.78 is 7.25. The molecule has 0 bridgehead atoms. The van der Waals surface area contributed by atoms with E-state index in [0.29, 0.717) is 6.61 Å². The van der Waals surface area contributed by atoms with Crippen LogP contribution in [0.2, 0.25) is 0 Å². The molecule has 0 atom stereocenters. The molecule has 0 amide bonds. The molecule has 1 aromatic heterocycles. The van der Waals surface area contributed by atoms with Gasteiger partial charge in [-0.2, -0.15) is 0 Å². The summed E-state index contributed by atoms with van der Waals surface area (Å²) in [4.78, 5) is 4.23. The first-order chi connectivity index (χ1) is 10.8. The summed E-state index contributed by atoms with van der Waals surface area (Å²) >= 11 is 0. The molecule has 1 aromatic carbocycles. The van der Waals surface area contributed by atoms with E-state index in [-0.39, 0.29) is 0 Å². The van der Waals surface area contributed by atoms with E-state index < -0.39 is 0 Å². The maximum Gasteiger partial charge on any atom is 0.191 e. The third-order valence-corrected chi connectivity index (χ3v) is 3.35. The van der Waals surface area contributed by atoms with Crippen LogP contribution in [0.5, 0.6) is 0 Å². The number of ether oxygens (including phenoxy) is 1. The molecule has 22 heavy (non-hydrogen) atoms. The average Bonchev–Trinajstić information content (AvgIpc) is 3.06. The number of benzene rings is 1. The summed E-state index contributed by atoms with van der Waals surface area (Å²) in [6.07, 6.45) is 4.11. The van der Waals surface area contributed by atoms with Gasteiger partial charge in [-0.15, -0.1) is 0 Å². The number of hydrogen-bond acceptors (Lipinski definition) is 2. The van der Waals surface area contributed by atoms with Crippen LogP contribution < -0.4 is 10.6 Å². The van der Waals surface area contributed by atoms with Crippen molar-refractivity contribution >= 4 is 5.96 Å². The molecule has 0 aliphatic carbocycles. The van der Waals surface area contributed by atoms with E-state index in [0.717, 1.165) is 25.6 Å². The van der Waals surface area contributed by atoms with Crippen LogP contribution >= 0.6 is 0 Å². The second-order valence-corrected chi connectivity index (χ2v) is 5.02. The molecule has 0 radical (unpaired) electrons. The smallest absolute Gasteiger partial charge is 0.191 e. The van der Waals surface area contributed by atoms with E-state index in [2.05, 4.69) is 56.9 Å². The minimum Gasteiger partial charge on any atom is -0.380 e. The molecule has 0 fully saturated rings. The molecular weight excluding hydrogens is 276 g/mol. The Morgan fingerprint density at radius 3 is 2.41 bits per heavy atom. The molecule has 1 heterocycles. The molecule has 0 saturated heterocycles. The fraction of sp³-hybridized carbons (Fsp3) is 0.353. The predicted octanol–water partition coefficient (Wildman–Crippen LogP) is 2.00. The SMILES string of the molecule is CN=C(NCCn1cccc1)NCc1ccc(COC)cc1. The van der Waals surface area contributed by atoms with Gasteiger partial charge in [-0.1, -0.05) is 24.3 Å². The molecule has 0 saturated carbocycles. The van der Waals surface area contributed by atoms with Gasteiger partial charge in [0.25, 0.3) is 0 Å². The van der Waals surface area contributed by atoms with Gasteiger partial charge >= 0.3 is 0 Å². The molecule has 0 aliphatic rings. The van der Waals surface area contributed by atoms with E-state index in [9.17, 15) is 0 Å². The first-order valence-corrected chi connectivity index (χ1v) is 7.44. The van der Waals surface area contributed by atoms with Gasteiger partial charge in [0.2, 0.25) is 0 Å². The maximum absolute atomic E-state index is 5.11. The lowest BCUT2D eigenvalue weighted by molar-refractivity contribution is 0.185. The van der Waals surface area contributed by atoms with Gasteiger partial charge in [0.1, 0.15) is 0 Å². The van der Waals surface area contributed by atoms with Gasteiger partial charge < -0.3 is 19.9 Å². The minimum absolute atomic E-state index is 0.649. The number of nitrogens with one attached hydrogen (secondary N) is 2. The number of rotatable bonds is 7. The summed E-state index contributed by atoms with van der Waals surface area (Å²) in [7, 11) is 3.49. The van der Waals surface area contributed by atoms with Crippen LogP contribution in [0.3, 0.4) is 0 Å². The van der Waals surface area contributed by atoms with Crippen molar-refractivity contribution in [1.82, 2.24) is 15.2 Å². The first kappa shape index (κ1) is 16.1. The minimum atomic E-state index is 0.649. The zero-order chi connectivity index (χ0) is 15.6. The van der Waals surface area contributed by atoms with Crippen molar-refractivity contribution in [2.45, 2.75) is 19.7 Å². The lowest BCUT2D eigenvalue weighted by Gasteiger charge is -2.12. The summed E-state index contributed by atoms with van der Waals surface area (Å²) in [5, 5.41) is 6.62. The topological polar surface area (TPSA) is 50.6 Å². The number of methoxy groups -OCH3 is 1. The monoisotopic (exact) mass is 300 g/mol. The van der Waals surface area contributed by atoms with Crippen molar-refractivity contribution in [3.05, 3.63) is 59.9 Å². The van der Waals surface area contributed by atoms with Gasteiger partial charge in [0, 0.05) is 46.2 Å². The summed E-state index contributed by atoms with van der Waals surface area (Å²) in [5.41, 5.74) is 2.40. The van der Waals surface area contributed by atoms with Crippen molar-refractivity contribution in [1.29, 1.82) is 0 Å². The van der Waals surface area contributed by atoms with Gasteiger partial charge in [0.05, 0.1) is 6.61 Å². The normalized spacial score (nSPS) is 11.5. The molecule has 118 valence electrons. The Hall–Kier alpha value is -2.27. The van der Waals surface area contributed by atoms with Crippen LogP contribution in [-0.2, 0) is 24.4 Å². The third-order valence-electron chi connectivity index (χ3n) is 3.35. The standard InChI is InChI=1S/C17H24N4O/c1-18-17(19-9-12-21-10-3-4-11-21)20-13-15-5-7-16(8-6-15)14-22-2/h3-8,10-11H,9,12-14H2,1-2H3,(H2,18,19,20). The van der Waals surface area contributed by atoms with Crippen LogP contribution in [0, 0.1) is 0 Å². The molecule has 0 spiro atoms. The number of aromatic nitrogens is 1. The molecule has 0 aliphatic heterocycles.